The summed E-state index contributed by atoms with van der Waals surface area (Å²) < 4.78 is 10.6. The summed E-state index contributed by atoms with van der Waals surface area (Å²) in [6.07, 6.45) is 3.53. The van der Waals surface area contributed by atoms with Crippen molar-refractivity contribution in [3.05, 3.63) is 48.3 Å². The number of nitrogens with two attached hydrogens (primary N) is 1. The zero-order valence-corrected chi connectivity index (χ0v) is 10.4. The first-order valence-electron chi connectivity index (χ1n) is 6.13. The van der Waals surface area contributed by atoms with E-state index < -0.39 is 0 Å². The molecular formula is C14H15N3O2. The summed E-state index contributed by atoms with van der Waals surface area (Å²) in [4.78, 5) is 4.01. The van der Waals surface area contributed by atoms with Crippen molar-refractivity contribution >= 4 is 5.69 Å². The van der Waals surface area contributed by atoms with E-state index in [0.717, 1.165) is 22.7 Å². The van der Waals surface area contributed by atoms with Crippen molar-refractivity contribution in [2.24, 2.45) is 5.73 Å². The molecule has 5 heteroatoms. The van der Waals surface area contributed by atoms with Crippen molar-refractivity contribution in [2.45, 2.75) is 6.04 Å². The Morgan fingerprint density at radius 3 is 2.74 bits per heavy atom. The predicted octanol–water partition coefficient (Wildman–Crippen LogP) is 1.92. The number of pyridine rings is 1. The van der Waals surface area contributed by atoms with Gasteiger partial charge < -0.3 is 20.5 Å². The van der Waals surface area contributed by atoms with E-state index in [0.29, 0.717) is 6.54 Å². The SMILES string of the molecule is NCC(Nc1ccc2c(c1)OCO2)c1ccncc1. The molecule has 3 rings (SSSR count). The third-order valence-electron chi connectivity index (χ3n) is 3.06. The number of nitrogens with zero attached hydrogens (tertiary/aromatic N) is 1. The maximum atomic E-state index is 5.83. The highest BCUT2D eigenvalue weighted by Gasteiger charge is 2.15. The van der Waals surface area contributed by atoms with E-state index >= 15 is 0 Å². The van der Waals surface area contributed by atoms with Gasteiger partial charge in [0.05, 0.1) is 6.04 Å². The molecule has 1 unspecified atom stereocenters. The predicted molar refractivity (Wildman–Crippen MR) is 72.2 cm³/mol. The molecule has 1 aromatic carbocycles. The topological polar surface area (TPSA) is 69.4 Å². The third kappa shape index (κ3) is 2.46. The summed E-state index contributed by atoms with van der Waals surface area (Å²) in [5.74, 6) is 1.54. The van der Waals surface area contributed by atoms with E-state index in [1.807, 2.05) is 30.3 Å². The number of hydrogen-bond donors (Lipinski definition) is 2. The van der Waals surface area contributed by atoms with Crippen molar-refractivity contribution in [3.8, 4) is 11.5 Å². The Morgan fingerprint density at radius 2 is 1.95 bits per heavy atom. The minimum Gasteiger partial charge on any atom is -0.454 e. The van der Waals surface area contributed by atoms with Crippen LogP contribution >= 0.6 is 0 Å². The molecule has 1 aromatic heterocycles. The Balaban J connectivity index is 1.80. The summed E-state index contributed by atoms with van der Waals surface area (Å²) in [5.41, 5.74) is 7.89. The Labute approximate surface area is 111 Å². The zero-order valence-electron chi connectivity index (χ0n) is 10.4. The number of fused-ring (bicyclic) bond motifs is 1. The number of aromatic nitrogens is 1. The highest BCUT2D eigenvalue weighted by molar-refractivity contribution is 5.56. The fourth-order valence-electron chi connectivity index (χ4n) is 2.06. The van der Waals surface area contributed by atoms with E-state index in [9.17, 15) is 0 Å². The number of hydrogen-bond acceptors (Lipinski definition) is 5. The van der Waals surface area contributed by atoms with Crippen LogP contribution in [-0.4, -0.2) is 18.3 Å². The summed E-state index contributed by atoms with van der Waals surface area (Å²) in [5, 5.41) is 3.39. The van der Waals surface area contributed by atoms with Gasteiger partial charge in [0, 0.05) is 30.7 Å². The van der Waals surface area contributed by atoms with E-state index in [-0.39, 0.29) is 12.8 Å². The first-order valence-corrected chi connectivity index (χ1v) is 6.13. The molecule has 0 amide bonds. The molecule has 1 aliphatic heterocycles. The molecule has 0 aliphatic carbocycles. The quantitative estimate of drug-likeness (QED) is 0.875. The molecule has 2 aromatic rings. The molecule has 98 valence electrons. The van der Waals surface area contributed by atoms with Gasteiger partial charge in [0.1, 0.15) is 0 Å². The van der Waals surface area contributed by atoms with E-state index in [4.69, 9.17) is 15.2 Å². The summed E-state index contributed by atoms with van der Waals surface area (Å²) >= 11 is 0. The maximum Gasteiger partial charge on any atom is 0.231 e. The Morgan fingerprint density at radius 1 is 1.16 bits per heavy atom. The molecule has 3 N–H and O–H groups in total. The van der Waals surface area contributed by atoms with Gasteiger partial charge in [0.25, 0.3) is 0 Å². The second-order valence-electron chi connectivity index (χ2n) is 4.28. The number of ether oxygens (including phenoxy) is 2. The summed E-state index contributed by atoms with van der Waals surface area (Å²) in [7, 11) is 0. The number of anilines is 1. The summed E-state index contributed by atoms with van der Waals surface area (Å²) in [6, 6.07) is 9.73. The second-order valence-corrected chi connectivity index (χ2v) is 4.28. The maximum absolute atomic E-state index is 5.83. The minimum absolute atomic E-state index is 0.0448. The minimum atomic E-state index is 0.0448. The highest BCUT2D eigenvalue weighted by atomic mass is 16.7. The van der Waals surface area contributed by atoms with E-state index in [2.05, 4.69) is 10.3 Å². The number of benzene rings is 1. The van der Waals surface area contributed by atoms with Crippen molar-refractivity contribution < 1.29 is 9.47 Å². The van der Waals surface area contributed by atoms with Gasteiger partial charge in [-0.05, 0) is 29.8 Å². The van der Waals surface area contributed by atoms with Crippen LogP contribution in [0, 0.1) is 0 Å². The molecule has 19 heavy (non-hydrogen) atoms. The van der Waals surface area contributed by atoms with Crippen LogP contribution in [-0.2, 0) is 0 Å². The molecule has 1 atom stereocenters. The Kier molecular flexibility index (Phi) is 3.20. The van der Waals surface area contributed by atoms with Crippen LogP contribution in [0.4, 0.5) is 5.69 Å². The standard InChI is InChI=1S/C14H15N3O2/c15-8-12(10-3-5-16-6-4-10)17-11-1-2-13-14(7-11)19-9-18-13/h1-7,12,17H,8-9,15H2. The lowest BCUT2D eigenvalue weighted by Crippen LogP contribution is -2.20. The lowest BCUT2D eigenvalue weighted by molar-refractivity contribution is 0.174. The van der Waals surface area contributed by atoms with Crippen LogP contribution in [0.2, 0.25) is 0 Å². The van der Waals surface area contributed by atoms with Gasteiger partial charge in [-0.25, -0.2) is 0 Å². The highest BCUT2D eigenvalue weighted by Crippen LogP contribution is 2.35. The van der Waals surface area contributed by atoms with Crippen LogP contribution in [0.25, 0.3) is 0 Å². The van der Waals surface area contributed by atoms with Crippen LogP contribution in [0.3, 0.4) is 0 Å². The molecule has 2 heterocycles. The van der Waals surface area contributed by atoms with Crippen molar-refractivity contribution in [1.82, 2.24) is 4.98 Å². The molecule has 0 saturated heterocycles. The average Bonchev–Trinajstić information content (AvgIpc) is 2.93. The lowest BCUT2D eigenvalue weighted by Gasteiger charge is -2.18. The third-order valence-corrected chi connectivity index (χ3v) is 3.06. The van der Waals surface area contributed by atoms with Gasteiger partial charge in [0.2, 0.25) is 6.79 Å². The lowest BCUT2D eigenvalue weighted by atomic mass is 10.1. The van der Waals surface area contributed by atoms with Gasteiger partial charge in [-0.1, -0.05) is 0 Å². The van der Waals surface area contributed by atoms with Crippen LogP contribution in [0.1, 0.15) is 11.6 Å². The molecule has 0 radical (unpaired) electrons. The van der Waals surface area contributed by atoms with Crippen molar-refractivity contribution in [1.29, 1.82) is 0 Å². The number of rotatable bonds is 4. The fraction of sp³-hybridized carbons (Fsp3) is 0.214. The van der Waals surface area contributed by atoms with Crippen LogP contribution < -0.4 is 20.5 Å². The van der Waals surface area contributed by atoms with Crippen molar-refractivity contribution in [3.63, 3.8) is 0 Å². The molecular weight excluding hydrogens is 242 g/mol. The van der Waals surface area contributed by atoms with E-state index in [1.165, 1.54) is 0 Å². The largest absolute Gasteiger partial charge is 0.454 e. The van der Waals surface area contributed by atoms with Crippen LogP contribution in [0.5, 0.6) is 11.5 Å². The fourth-order valence-corrected chi connectivity index (χ4v) is 2.06. The normalized spacial score (nSPS) is 14.2. The molecule has 0 saturated carbocycles. The number of nitrogens with one attached hydrogen (secondary N) is 1. The molecule has 0 spiro atoms. The van der Waals surface area contributed by atoms with Gasteiger partial charge in [0.15, 0.2) is 11.5 Å². The second kappa shape index (κ2) is 5.16. The van der Waals surface area contributed by atoms with Gasteiger partial charge in [-0.15, -0.1) is 0 Å². The molecule has 0 fully saturated rings. The average molecular weight is 257 g/mol. The van der Waals surface area contributed by atoms with Gasteiger partial charge >= 0.3 is 0 Å². The molecule has 0 bridgehead atoms. The van der Waals surface area contributed by atoms with Crippen LogP contribution in [0.15, 0.2) is 42.7 Å². The van der Waals surface area contributed by atoms with Crippen molar-refractivity contribution in [2.75, 3.05) is 18.7 Å². The van der Waals surface area contributed by atoms with Gasteiger partial charge in [-0.3, -0.25) is 4.98 Å². The monoisotopic (exact) mass is 257 g/mol. The first kappa shape index (κ1) is 11.8. The molecule has 5 nitrogen and oxygen atoms in total. The van der Waals surface area contributed by atoms with Gasteiger partial charge in [-0.2, -0.15) is 0 Å². The zero-order chi connectivity index (χ0) is 13.1. The Bertz CT molecular complexity index is 560. The van der Waals surface area contributed by atoms with E-state index in [1.54, 1.807) is 12.4 Å². The smallest absolute Gasteiger partial charge is 0.231 e. The molecule has 1 aliphatic rings. The Hall–Kier alpha value is -2.27. The summed E-state index contributed by atoms with van der Waals surface area (Å²) in [6.45, 7) is 0.780. The first-order chi connectivity index (χ1) is 9.36.